The van der Waals surface area contributed by atoms with Crippen molar-refractivity contribution in [2.75, 3.05) is 32.4 Å². The maximum atomic E-state index is 11.1. The molecule has 0 amide bonds. The molecule has 3 aromatic rings. The molecule has 0 aliphatic carbocycles. The zero-order chi connectivity index (χ0) is 24.9. The van der Waals surface area contributed by atoms with Crippen molar-refractivity contribution >= 4 is 55.6 Å². The Bertz CT molecular complexity index is 1460. The summed E-state index contributed by atoms with van der Waals surface area (Å²) in [7, 11) is -0.535. The van der Waals surface area contributed by atoms with Crippen LogP contribution in [0.1, 0.15) is 17.5 Å². The van der Waals surface area contributed by atoms with Crippen LogP contribution in [0.2, 0.25) is 10.0 Å². The molecule has 0 radical (unpaired) electrons. The predicted octanol–water partition coefficient (Wildman–Crippen LogP) is 4.89. The molecule has 0 aliphatic heterocycles. The second-order valence-corrected chi connectivity index (χ2v) is 9.36. The van der Waals surface area contributed by atoms with E-state index in [1.807, 2.05) is 0 Å². The molecule has 8 nitrogen and oxygen atoms in total. The molecule has 0 atom stereocenters. The van der Waals surface area contributed by atoms with Gasteiger partial charge in [-0.05, 0) is 18.2 Å². The molecule has 0 saturated carbocycles. The Hall–Kier alpha value is -3.21. The van der Waals surface area contributed by atoms with E-state index < -0.39 is 10.1 Å². The van der Waals surface area contributed by atoms with E-state index >= 15 is 0 Å². The van der Waals surface area contributed by atoms with Crippen LogP contribution in [0.25, 0.3) is 10.9 Å². The van der Waals surface area contributed by atoms with Gasteiger partial charge < -0.3 is 14.8 Å². The molecule has 0 spiro atoms. The van der Waals surface area contributed by atoms with E-state index in [0.717, 1.165) is 6.26 Å². The molecule has 0 saturated heterocycles. The number of rotatable bonds is 7. The van der Waals surface area contributed by atoms with Crippen LogP contribution in [0, 0.1) is 23.2 Å². The minimum absolute atomic E-state index is 0.0507. The minimum Gasteiger partial charge on any atom is -0.495 e. The number of anilines is 2. The van der Waals surface area contributed by atoms with Gasteiger partial charge in [-0.15, -0.1) is 0 Å². The number of hydrogen-bond acceptors (Lipinski definition) is 8. The number of nitriles is 1. The number of methoxy groups -OCH3 is 2. The van der Waals surface area contributed by atoms with Crippen LogP contribution in [0.15, 0.2) is 30.5 Å². The van der Waals surface area contributed by atoms with Gasteiger partial charge >= 0.3 is 0 Å². The number of halogens is 2. The molecule has 0 fully saturated rings. The quantitative estimate of drug-likeness (QED) is 0.266. The summed E-state index contributed by atoms with van der Waals surface area (Å²) >= 11 is 12.5. The Labute approximate surface area is 207 Å². The lowest BCUT2D eigenvalue weighted by Gasteiger charge is -2.15. The zero-order valence-electron chi connectivity index (χ0n) is 18.4. The van der Waals surface area contributed by atoms with E-state index in [1.54, 1.807) is 24.3 Å². The number of fused-ring (bicyclic) bond motifs is 1. The number of nitrogens with one attached hydrogen (secondary N) is 1. The molecular weight excluding hydrogens is 501 g/mol. The van der Waals surface area contributed by atoms with Crippen molar-refractivity contribution < 1.29 is 22.1 Å². The van der Waals surface area contributed by atoms with Gasteiger partial charge in [0.15, 0.2) is 0 Å². The maximum Gasteiger partial charge on any atom is 0.264 e. The lowest BCUT2D eigenvalue weighted by Crippen LogP contribution is -2.03. The second-order valence-electron chi connectivity index (χ2n) is 6.90. The summed E-state index contributed by atoms with van der Waals surface area (Å²) in [5.74, 6) is 6.67. The summed E-state index contributed by atoms with van der Waals surface area (Å²) in [5.41, 5.74) is 2.34. The largest absolute Gasteiger partial charge is 0.495 e. The average molecular weight is 520 g/mol. The van der Waals surface area contributed by atoms with Crippen LogP contribution >= 0.6 is 23.2 Å². The fourth-order valence-electron chi connectivity index (χ4n) is 3.02. The van der Waals surface area contributed by atoms with Gasteiger partial charge in [-0.25, -0.2) is 0 Å². The van der Waals surface area contributed by atoms with Gasteiger partial charge in [0.25, 0.3) is 10.1 Å². The fraction of sp³-hybridized carbons (Fsp3) is 0.217. The van der Waals surface area contributed by atoms with E-state index in [4.69, 9.17) is 32.7 Å². The summed E-state index contributed by atoms with van der Waals surface area (Å²) in [6.45, 7) is -0.0507. The minimum atomic E-state index is -3.52. The zero-order valence-corrected chi connectivity index (χ0v) is 20.7. The standard InChI is InChI=1S/C23H19Cl2N3O5S/c1-31-21-9-16-19(8-14(21)6-4-5-7-33-34(3,29)30)27-13-15(12-26)23(16)28-20-11-22(32-2)18(25)10-17(20)24/h8-11,13H,5,7H2,1-3H3,(H,27,28). The van der Waals surface area contributed by atoms with Gasteiger partial charge in [0.2, 0.25) is 0 Å². The number of nitrogens with zero attached hydrogens (tertiary/aromatic N) is 2. The third-order valence-electron chi connectivity index (χ3n) is 4.56. The number of benzene rings is 2. The van der Waals surface area contributed by atoms with Gasteiger partial charge in [0.1, 0.15) is 17.6 Å². The molecule has 0 aliphatic rings. The van der Waals surface area contributed by atoms with E-state index in [2.05, 4.69) is 32.4 Å². The third-order valence-corrected chi connectivity index (χ3v) is 5.76. The number of hydrogen-bond donors (Lipinski definition) is 1. The molecule has 11 heteroatoms. The number of ether oxygens (including phenoxy) is 2. The Balaban J connectivity index is 2.04. The lowest BCUT2D eigenvalue weighted by molar-refractivity contribution is 0.330. The van der Waals surface area contributed by atoms with Crippen LogP contribution in [0.5, 0.6) is 11.5 Å². The van der Waals surface area contributed by atoms with Crippen molar-refractivity contribution in [1.82, 2.24) is 4.98 Å². The van der Waals surface area contributed by atoms with E-state index in [-0.39, 0.29) is 18.6 Å². The molecule has 1 heterocycles. The average Bonchev–Trinajstić information content (AvgIpc) is 2.79. The first-order valence-corrected chi connectivity index (χ1v) is 12.3. The summed E-state index contributed by atoms with van der Waals surface area (Å²) in [4.78, 5) is 4.37. The molecule has 0 unspecified atom stereocenters. The highest BCUT2D eigenvalue weighted by Crippen LogP contribution is 2.38. The van der Waals surface area contributed by atoms with E-state index in [9.17, 15) is 13.7 Å². The highest BCUT2D eigenvalue weighted by Gasteiger charge is 2.15. The molecule has 2 aromatic carbocycles. The highest BCUT2D eigenvalue weighted by atomic mass is 35.5. The summed E-state index contributed by atoms with van der Waals surface area (Å²) < 4.78 is 37.5. The highest BCUT2D eigenvalue weighted by molar-refractivity contribution is 7.85. The lowest BCUT2D eigenvalue weighted by atomic mass is 10.1. The van der Waals surface area contributed by atoms with Crippen molar-refractivity contribution in [3.8, 4) is 29.4 Å². The Morgan fingerprint density at radius 2 is 1.79 bits per heavy atom. The Morgan fingerprint density at radius 3 is 2.44 bits per heavy atom. The van der Waals surface area contributed by atoms with Gasteiger partial charge in [0, 0.05) is 24.1 Å². The third kappa shape index (κ3) is 6.02. The SMILES string of the molecule is COc1cc(Nc2c(C#N)cnc3cc(C#CCCOS(C)(=O)=O)c(OC)cc23)c(Cl)cc1Cl. The molecule has 176 valence electrons. The summed E-state index contributed by atoms with van der Waals surface area (Å²) in [5, 5.41) is 14.1. The first-order valence-electron chi connectivity index (χ1n) is 9.71. The normalized spacial score (nSPS) is 10.8. The van der Waals surface area contributed by atoms with E-state index in [1.165, 1.54) is 20.4 Å². The molecule has 1 N–H and O–H groups in total. The molecular formula is C23H19Cl2N3O5S. The summed E-state index contributed by atoms with van der Waals surface area (Å²) in [6, 6.07) is 8.73. The maximum absolute atomic E-state index is 11.1. The van der Waals surface area contributed by atoms with Crippen LogP contribution in [-0.4, -0.2) is 40.5 Å². The van der Waals surface area contributed by atoms with Crippen LogP contribution < -0.4 is 14.8 Å². The second kappa shape index (κ2) is 10.8. The van der Waals surface area contributed by atoms with Gasteiger partial charge in [0.05, 0.1) is 65.1 Å². The Morgan fingerprint density at radius 1 is 1.06 bits per heavy atom. The monoisotopic (exact) mass is 519 g/mol. The van der Waals surface area contributed by atoms with Crippen molar-refractivity contribution in [1.29, 1.82) is 5.26 Å². The van der Waals surface area contributed by atoms with Gasteiger partial charge in [-0.2, -0.15) is 13.7 Å². The van der Waals surface area contributed by atoms with Gasteiger partial charge in [-0.1, -0.05) is 35.0 Å². The molecule has 1 aromatic heterocycles. The van der Waals surface area contributed by atoms with Crippen molar-refractivity contribution in [3.63, 3.8) is 0 Å². The van der Waals surface area contributed by atoms with Crippen molar-refractivity contribution in [2.45, 2.75) is 6.42 Å². The smallest absolute Gasteiger partial charge is 0.264 e. The first-order chi connectivity index (χ1) is 16.2. The number of aromatic nitrogens is 1. The van der Waals surface area contributed by atoms with Crippen molar-refractivity contribution in [3.05, 3.63) is 51.6 Å². The first kappa shape index (κ1) is 25.4. The molecule has 34 heavy (non-hydrogen) atoms. The fourth-order valence-corrected chi connectivity index (χ4v) is 3.92. The molecule has 3 rings (SSSR count). The van der Waals surface area contributed by atoms with Crippen LogP contribution in [0.4, 0.5) is 11.4 Å². The van der Waals surface area contributed by atoms with Crippen molar-refractivity contribution in [2.24, 2.45) is 0 Å². The number of pyridine rings is 1. The van der Waals surface area contributed by atoms with E-state index in [0.29, 0.717) is 49.4 Å². The Kier molecular flexibility index (Phi) is 8.08. The van der Waals surface area contributed by atoms with Crippen LogP contribution in [0.3, 0.4) is 0 Å². The molecule has 0 bridgehead atoms. The van der Waals surface area contributed by atoms with Crippen LogP contribution in [-0.2, 0) is 14.3 Å². The van der Waals surface area contributed by atoms with Gasteiger partial charge in [-0.3, -0.25) is 9.17 Å². The predicted molar refractivity (Wildman–Crippen MR) is 132 cm³/mol. The summed E-state index contributed by atoms with van der Waals surface area (Å²) in [6.07, 6.45) is 2.63. The topological polar surface area (TPSA) is 111 Å².